The lowest BCUT2D eigenvalue weighted by atomic mass is 10.2. The van der Waals surface area contributed by atoms with Crippen LogP contribution in [0.1, 0.15) is 19.3 Å². The van der Waals surface area contributed by atoms with E-state index in [9.17, 15) is 13.2 Å². The molecule has 1 aromatic heterocycles. The molecule has 1 amide bonds. The number of aromatic nitrogens is 4. The van der Waals surface area contributed by atoms with E-state index in [0.717, 1.165) is 24.8 Å². The zero-order valence-corrected chi connectivity index (χ0v) is 18.5. The number of nitrogens with zero attached hydrogens (tertiary/aromatic N) is 5. The summed E-state index contributed by atoms with van der Waals surface area (Å²) >= 11 is 0. The Balaban J connectivity index is 1.50. The largest absolute Gasteiger partial charge is 0.495 e. The quantitative estimate of drug-likeness (QED) is 0.578. The Morgan fingerprint density at radius 1 is 1.09 bits per heavy atom. The Bertz CT molecular complexity index is 1190. The average Bonchev–Trinajstić information content (AvgIpc) is 3.28. The number of amides is 1. The Morgan fingerprint density at radius 3 is 2.56 bits per heavy atom. The number of carbonyl (C=O) groups excluding carboxylic acids is 1. The zero-order valence-electron chi connectivity index (χ0n) is 17.6. The highest BCUT2D eigenvalue weighted by molar-refractivity contribution is 7.89. The van der Waals surface area contributed by atoms with Crippen molar-refractivity contribution in [2.24, 2.45) is 0 Å². The van der Waals surface area contributed by atoms with Gasteiger partial charge in [0.2, 0.25) is 21.8 Å². The van der Waals surface area contributed by atoms with Crippen LogP contribution >= 0.6 is 0 Å². The maximum Gasteiger partial charge on any atom is 0.248 e. The normalized spacial score (nSPS) is 14.8. The van der Waals surface area contributed by atoms with Gasteiger partial charge in [0, 0.05) is 18.7 Å². The van der Waals surface area contributed by atoms with Crippen LogP contribution in [0.2, 0.25) is 0 Å². The predicted molar refractivity (Wildman–Crippen MR) is 117 cm³/mol. The SMILES string of the molecule is COc1ccc(S(=O)(=O)N2CCCCC2)cc1NC(=O)Cn1nnc(-c2ccccc2)n1. The van der Waals surface area contributed by atoms with Crippen LogP contribution in [-0.2, 0) is 21.4 Å². The summed E-state index contributed by atoms with van der Waals surface area (Å²) in [5.41, 5.74) is 1.05. The summed E-state index contributed by atoms with van der Waals surface area (Å²) in [4.78, 5) is 13.9. The van der Waals surface area contributed by atoms with Crippen molar-refractivity contribution in [1.29, 1.82) is 0 Å². The van der Waals surface area contributed by atoms with Gasteiger partial charge in [0.05, 0.1) is 17.7 Å². The highest BCUT2D eigenvalue weighted by Crippen LogP contribution is 2.30. The predicted octanol–water partition coefficient (Wildman–Crippen LogP) is 2.16. The van der Waals surface area contributed by atoms with Crippen LogP contribution in [0.5, 0.6) is 5.75 Å². The summed E-state index contributed by atoms with van der Waals surface area (Å²) in [6.45, 7) is 0.807. The monoisotopic (exact) mass is 456 g/mol. The number of ether oxygens (including phenoxy) is 1. The van der Waals surface area contributed by atoms with Crippen LogP contribution in [0.3, 0.4) is 0 Å². The van der Waals surface area contributed by atoms with Crippen LogP contribution < -0.4 is 10.1 Å². The fourth-order valence-corrected chi connectivity index (χ4v) is 5.07. The van der Waals surface area contributed by atoms with E-state index in [4.69, 9.17) is 4.74 Å². The molecule has 11 heteroatoms. The third-order valence-corrected chi connectivity index (χ3v) is 7.06. The van der Waals surface area contributed by atoms with E-state index in [2.05, 4.69) is 20.7 Å². The van der Waals surface area contributed by atoms with Crippen LogP contribution in [0.15, 0.2) is 53.4 Å². The zero-order chi connectivity index (χ0) is 22.6. The number of piperidine rings is 1. The summed E-state index contributed by atoms with van der Waals surface area (Å²) < 4.78 is 32.8. The number of rotatable bonds is 7. The molecule has 10 nitrogen and oxygen atoms in total. The average molecular weight is 457 g/mol. The van der Waals surface area contributed by atoms with E-state index in [1.807, 2.05) is 30.3 Å². The summed E-state index contributed by atoms with van der Waals surface area (Å²) in [6.07, 6.45) is 2.71. The summed E-state index contributed by atoms with van der Waals surface area (Å²) in [7, 11) is -2.19. The molecule has 0 spiro atoms. The maximum atomic E-state index is 13.0. The molecule has 168 valence electrons. The van der Waals surface area contributed by atoms with Crippen molar-refractivity contribution < 1.29 is 17.9 Å². The number of tetrazole rings is 1. The van der Waals surface area contributed by atoms with Gasteiger partial charge in [0.15, 0.2) is 0 Å². The van der Waals surface area contributed by atoms with Crippen molar-refractivity contribution in [1.82, 2.24) is 24.5 Å². The molecule has 1 aliphatic rings. The molecule has 0 unspecified atom stereocenters. The summed E-state index contributed by atoms with van der Waals surface area (Å²) in [5.74, 6) is 0.325. The smallest absolute Gasteiger partial charge is 0.248 e. The van der Waals surface area contributed by atoms with Crippen LogP contribution in [-0.4, -0.2) is 59.0 Å². The van der Waals surface area contributed by atoms with Crippen molar-refractivity contribution >= 4 is 21.6 Å². The lowest BCUT2D eigenvalue weighted by Gasteiger charge is -2.26. The molecule has 0 saturated carbocycles. The van der Waals surface area contributed by atoms with Gasteiger partial charge in [-0.05, 0) is 36.3 Å². The van der Waals surface area contributed by atoms with Gasteiger partial charge >= 0.3 is 0 Å². The number of benzene rings is 2. The molecule has 1 saturated heterocycles. The third kappa shape index (κ3) is 4.78. The molecule has 4 rings (SSSR count). The van der Waals surface area contributed by atoms with E-state index in [-0.39, 0.29) is 17.1 Å². The maximum absolute atomic E-state index is 13.0. The van der Waals surface area contributed by atoms with Gasteiger partial charge in [-0.25, -0.2) is 8.42 Å². The number of sulfonamides is 1. The number of hydrogen-bond acceptors (Lipinski definition) is 7. The second kappa shape index (κ2) is 9.45. The minimum atomic E-state index is -3.64. The number of carbonyl (C=O) groups is 1. The molecule has 32 heavy (non-hydrogen) atoms. The highest BCUT2D eigenvalue weighted by atomic mass is 32.2. The number of methoxy groups -OCH3 is 1. The summed E-state index contributed by atoms with van der Waals surface area (Å²) in [5, 5.41) is 14.8. The Morgan fingerprint density at radius 2 is 1.84 bits per heavy atom. The van der Waals surface area contributed by atoms with E-state index in [0.29, 0.717) is 24.7 Å². The second-order valence-electron chi connectivity index (χ2n) is 7.38. The first-order chi connectivity index (χ1) is 15.5. The molecule has 2 heterocycles. The van der Waals surface area contributed by atoms with Gasteiger partial charge in [0.25, 0.3) is 0 Å². The molecule has 0 aliphatic carbocycles. The van der Waals surface area contributed by atoms with E-state index < -0.39 is 15.9 Å². The van der Waals surface area contributed by atoms with Crippen molar-refractivity contribution in [3.8, 4) is 17.1 Å². The number of anilines is 1. The molecule has 1 N–H and O–H groups in total. The topological polar surface area (TPSA) is 119 Å². The fourth-order valence-electron chi connectivity index (χ4n) is 3.53. The number of nitrogens with one attached hydrogen (secondary N) is 1. The fraction of sp³-hybridized carbons (Fsp3) is 0.333. The minimum absolute atomic E-state index is 0.112. The lowest BCUT2D eigenvalue weighted by Crippen LogP contribution is -2.35. The first-order valence-corrected chi connectivity index (χ1v) is 11.7. The second-order valence-corrected chi connectivity index (χ2v) is 9.32. The third-order valence-electron chi connectivity index (χ3n) is 5.17. The van der Waals surface area contributed by atoms with Gasteiger partial charge in [-0.2, -0.15) is 9.10 Å². The minimum Gasteiger partial charge on any atom is -0.495 e. The van der Waals surface area contributed by atoms with Crippen molar-refractivity contribution in [2.45, 2.75) is 30.7 Å². The van der Waals surface area contributed by atoms with Crippen molar-refractivity contribution in [3.05, 3.63) is 48.5 Å². The van der Waals surface area contributed by atoms with Gasteiger partial charge in [-0.3, -0.25) is 4.79 Å². The highest BCUT2D eigenvalue weighted by Gasteiger charge is 2.27. The first-order valence-electron chi connectivity index (χ1n) is 10.3. The molecule has 1 aliphatic heterocycles. The molecule has 2 aromatic carbocycles. The summed E-state index contributed by atoms with van der Waals surface area (Å²) in [6, 6.07) is 13.7. The standard InChI is InChI=1S/C21H24N6O4S/c1-31-19-11-10-17(32(29,30)26-12-6-3-7-13-26)14-18(19)22-20(28)15-27-24-21(23-25-27)16-8-4-2-5-9-16/h2,4-5,8-11,14H,3,6-7,12-13,15H2,1H3,(H,22,28). The molecule has 0 atom stereocenters. The van der Waals surface area contributed by atoms with Gasteiger partial charge in [-0.15, -0.1) is 10.2 Å². The van der Waals surface area contributed by atoms with Crippen LogP contribution in [0, 0.1) is 0 Å². The molecule has 0 bridgehead atoms. The Hall–Kier alpha value is -3.31. The van der Waals surface area contributed by atoms with Gasteiger partial charge in [-0.1, -0.05) is 36.8 Å². The molecule has 0 radical (unpaired) electrons. The van der Waals surface area contributed by atoms with Gasteiger partial charge < -0.3 is 10.1 Å². The van der Waals surface area contributed by atoms with E-state index >= 15 is 0 Å². The molecular weight excluding hydrogens is 432 g/mol. The van der Waals surface area contributed by atoms with Crippen molar-refractivity contribution in [2.75, 3.05) is 25.5 Å². The van der Waals surface area contributed by atoms with Crippen LogP contribution in [0.4, 0.5) is 5.69 Å². The van der Waals surface area contributed by atoms with Crippen LogP contribution in [0.25, 0.3) is 11.4 Å². The molecular formula is C21H24N6O4S. The Labute approximate surface area is 186 Å². The number of hydrogen-bond donors (Lipinski definition) is 1. The lowest BCUT2D eigenvalue weighted by molar-refractivity contribution is -0.117. The first kappa shape index (κ1) is 21.9. The molecule has 1 fully saturated rings. The molecule has 3 aromatic rings. The van der Waals surface area contributed by atoms with E-state index in [1.165, 1.54) is 34.4 Å². The van der Waals surface area contributed by atoms with E-state index in [1.54, 1.807) is 0 Å². The van der Waals surface area contributed by atoms with Crippen molar-refractivity contribution in [3.63, 3.8) is 0 Å². The Kier molecular flexibility index (Phi) is 6.47. The van der Waals surface area contributed by atoms with Gasteiger partial charge in [0.1, 0.15) is 12.3 Å².